The Kier molecular flexibility index (Phi) is 5.31. The molecule has 0 saturated heterocycles. The number of carboxylic acid groups (broad SMARTS) is 1. The van der Waals surface area contributed by atoms with Crippen molar-refractivity contribution in [2.45, 2.75) is 31.6 Å². The molecule has 0 aliphatic carbocycles. The summed E-state index contributed by atoms with van der Waals surface area (Å²) in [5.74, 6) is -0.895. The predicted octanol–water partition coefficient (Wildman–Crippen LogP) is 1.44. The van der Waals surface area contributed by atoms with Crippen molar-refractivity contribution < 1.29 is 15.0 Å². The van der Waals surface area contributed by atoms with E-state index in [9.17, 15) is 9.90 Å². The Balaban J connectivity index is 3.06. The normalized spacial score (nSPS) is 14.2. The Labute approximate surface area is 107 Å². The second-order valence-electron chi connectivity index (χ2n) is 4.64. The summed E-state index contributed by atoms with van der Waals surface area (Å²) in [5.41, 5.74) is 6.46. The summed E-state index contributed by atoms with van der Waals surface area (Å²) in [5, 5.41) is 18.3. The van der Waals surface area contributed by atoms with Crippen molar-refractivity contribution in [3.63, 3.8) is 0 Å². The SMILES string of the molecule is Cc1cccc(C(CN)(CCCCO)C(=O)O)c1. The van der Waals surface area contributed by atoms with Gasteiger partial charge in [-0.1, -0.05) is 29.8 Å². The Morgan fingerprint density at radius 2 is 2.11 bits per heavy atom. The van der Waals surface area contributed by atoms with Crippen LogP contribution >= 0.6 is 0 Å². The molecule has 4 nitrogen and oxygen atoms in total. The van der Waals surface area contributed by atoms with E-state index < -0.39 is 11.4 Å². The van der Waals surface area contributed by atoms with Crippen molar-refractivity contribution in [3.8, 4) is 0 Å². The molecule has 0 spiro atoms. The van der Waals surface area contributed by atoms with Gasteiger partial charge in [0.1, 0.15) is 5.41 Å². The van der Waals surface area contributed by atoms with Crippen molar-refractivity contribution in [2.75, 3.05) is 13.2 Å². The number of aliphatic carboxylic acids is 1. The van der Waals surface area contributed by atoms with Gasteiger partial charge in [0.25, 0.3) is 0 Å². The number of hydrogen-bond acceptors (Lipinski definition) is 3. The first-order valence-electron chi connectivity index (χ1n) is 6.18. The van der Waals surface area contributed by atoms with E-state index in [-0.39, 0.29) is 13.2 Å². The first kappa shape index (κ1) is 14.7. The fourth-order valence-electron chi connectivity index (χ4n) is 2.16. The maximum Gasteiger partial charge on any atom is 0.315 e. The fourth-order valence-corrected chi connectivity index (χ4v) is 2.16. The van der Waals surface area contributed by atoms with Crippen LogP contribution in [0.1, 0.15) is 30.4 Å². The van der Waals surface area contributed by atoms with Gasteiger partial charge in [0.15, 0.2) is 0 Å². The highest BCUT2D eigenvalue weighted by Gasteiger charge is 2.38. The lowest BCUT2D eigenvalue weighted by atomic mass is 9.76. The lowest BCUT2D eigenvalue weighted by Crippen LogP contribution is -2.43. The van der Waals surface area contributed by atoms with E-state index >= 15 is 0 Å². The van der Waals surface area contributed by atoms with Crippen molar-refractivity contribution in [3.05, 3.63) is 35.4 Å². The molecule has 18 heavy (non-hydrogen) atoms. The fraction of sp³-hybridized carbons (Fsp3) is 0.500. The van der Waals surface area contributed by atoms with Crippen LogP contribution in [0.15, 0.2) is 24.3 Å². The number of aliphatic hydroxyl groups is 1. The van der Waals surface area contributed by atoms with E-state index in [2.05, 4.69) is 0 Å². The van der Waals surface area contributed by atoms with Crippen molar-refractivity contribution in [1.29, 1.82) is 0 Å². The number of carboxylic acids is 1. The second kappa shape index (κ2) is 6.52. The molecule has 100 valence electrons. The van der Waals surface area contributed by atoms with E-state index in [0.717, 1.165) is 11.1 Å². The molecule has 0 amide bonds. The Morgan fingerprint density at radius 3 is 2.61 bits per heavy atom. The highest BCUT2D eigenvalue weighted by Crippen LogP contribution is 2.30. The quantitative estimate of drug-likeness (QED) is 0.640. The van der Waals surface area contributed by atoms with Crippen molar-refractivity contribution >= 4 is 5.97 Å². The molecule has 0 bridgehead atoms. The third-order valence-electron chi connectivity index (χ3n) is 3.34. The molecule has 4 N–H and O–H groups in total. The molecular formula is C14H21NO3. The number of carbonyl (C=O) groups is 1. The lowest BCUT2D eigenvalue weighted by molar-refractivity contribution is -0.143. The summed E-state index contributed by atoms with van der Waals surface area (Å²) >= 11 is 0. The summed E-state index contributed by atoms with van der Waals surface area (Å²) in [6.07, 6.45) is 1.69. The van der Waals surface area contributed by atoms with Gasteiger partial charge in [0.2, 0.25) is 0 Å². The molecule has 0 aliphatic rings. The molecule has 0 aromatic heterocycles. The minimum absolute atomic E-state index is 0.0667. The Bertz CT molecular complexity index is 406. The lowest BCUT2D eigenvalue weighted by Gasteiger charge is -2.28. The number of aliphatic hydroxyl groups excluding tert-OH is 1. The van der Waals surface area contributed by atoms with E-state index in [1.165, 1.54) is 0 Å². The van der Waals surface area contributed by atoms with Gasteiger partial charge in [0.05, 0.1) is 0 Å². The monoisotopic (exact) mass is 251 g/mol. The first-order valence-corrected chi connectivity index (χ1v) is 6.18. The van der Waals surface area contributed by atoms with Gasteiger partial charge in [-0.2, -0.15) is 0 Å². The molecule has 1 atom stereocenters. The predicted molar refractivity (Wildman–Crippen MR) is 70.5 cm³/mol. The van der Waals surface area contributed by atoms with Crippen LogP contribution in [0.5, 0.6) is 0 Å². The van der Waals surface area contributed by atoms with E-state index in [0.29, 0.717) is 19.3 Å². The number of rotatable bonds is 7. The minimum Gasteiger partial charge on any atom is -0.481 e. The number of unbranched alkanes of at least 4 members (excludes halogenated alkanes) is 1. The molecule has 1 aromatic carbocycles. The zero-order valence-electron chi connectivity index (χ0n) is 10.7. The molecule has 4 heteroatoms. The van der Waals surface area contributed by atoms with E-state index in [4.69, 9.17) is 10.8 Å². The summed E-state index contributed by atoms with van der Waals surface area (Å²) < 4.78 is 0. The molecule has 0 fully saturated rings. The second-order valence-corrected chi connectivity index (χ2v) is 4.64. The van der Waals surface area contributed by atoms with E-state index in [1.807, 2.05) is 31.2 Å². The molecule has 1 unspecified atom stereocenters. The molecule has 0 heterocycles. The Hall–Kier alpha value is -1.39. The third-order valence-corrected chi connectivity index (χ3v) is 3.34. The third kappa shape index (κ3) is 3.09. The van der Waals surface area contributed by atoms with Gasteiger partial charge >= 0.3 is 5.97 Å². The summed E-state index contributed by atoms with van der Waals surface area (Å²) in [6.45, 7) is 2.08. The van der Waals surface area contributed by atoms with Crippen LogP contribution < -0.4 is 5.73 Å². The zero-order chi connectivity index (χ0) is 13.6. The van der Waals surface area contributed by atoms with Gasteiger partial charge < -0.3 is 15.9 Å². The number of nitrogens with two attached hydrogens (primary N) is 1. The molecule has 0 radical (unpaired) electrons. The molecule has 0 aliphatic heterocycles. The maximum absolute atomic E-state index is 11.6. The highest BCUT2D eigenvalue weighted by molar-refractivity contribution is 5.81. The van der Waals surface area contributed by atoms with Gasteiger partial charge in [-0.25, -0.2) is 0 Å². The van der Waals surface area contributed by atoms with Gasteiger partial charge in [0, 0.05) is 13.2 Å². The summed E-state index contributed by atoms with van der Waals surface area (Å²) in [7, 11) is 0. The van der Waals surface area contributed by atoms with Crippen LogP contribution in [0.25, 0.3) is 0 Å². The van der Waals surface area contributed by atoms with Crippen LogP contribution in [0.2, 0.25) is 0 Å². The minimum atomic E-state index is -1.04. The molecule has 0 saturated carbocycles. The maximum atomic E-state index is 11.6. The highest BCUT2D eigenvalue weighted by atomic mass is 16.4. The number of aryl methyl sites for hydroxylation is 1. The van der Waals surface area contributed by atoms with Gasteiger partial charge in [-0.05, 0) is 31.7 Å². The van der Waals surface area contributed by atoms with Crippen LogP contribution in [0, 0.1) is 6.92 Å². The summed E-state index contributed by atoms with van der Waals surface area (Å²) in [4.78, 5) is 11.6. The molecule has 1 aromatic rings. The topological polar surface area (TPSA) is 83.5 Å². The smallest absolute Gasteiger partial charge is 0.315 e. The van der Waals surface area contributed by atoms with E-state index in [1.54, 1.807) is 0 Å². The number of benzene rings is 1. The standard InChI is InChI=1S/C14H21NO3/c1-11-5-4-6-12(9-11)14(10-15,13(17)18)7-2-3-8-16/h4-6,9,16H,2-3,7-8,10,15H2,1H3,(H,17,18). The average molecular weight is 251 g/mol. The summed E-state index contributed by atoms with van der Waals surface area (Å²) in [6, 6.07) is 7.47. The van der Waals surface area contributed by atoms with Gasteiger partial charge in [-0.3, -0.25) is 4.79 Å². The Morgan fingerprint density at radius 1 is 1.39 bits per heavy atom. The largest absolute Gasteiger partial charge is 0.481 e. The van der Waals surface area contributed by atoms with Crippen molar-refractivity contribution in [2.24, 2.45) is 5.73 Å². The first-order chi connectivity index (χ1) is 8.56. The van der Waals surface area contributed by atoms with Crippen LogP contribution in [-0.2, 0) is 10.2 Å². The van der Waals surface area contributed by atoms with Gasteiger partial charge in [-0.15, -0.1) is 0 Å². The zero-order valence-corrected chi connectivity index (χ0v) is 10.7. The average Bonchev–Trinajstić information content (AvgIpc) is 2.34. The molecular weight excluding hydrogens is 230 g/mol. The van der Waals surface area contributed by atoms with Crippen LogP contribution in [0.4, 0.5) is 0 Å². The van der Waals surface area contributed by atoms with Crippen LogP contribution in [0.3, 0.4) is 0 Å². The number of hydrogen-bond donors (Lipinski definition) is 3. The molecule has 1 rings (SSSR count). The van der Waals surface area contributed by atoms with Crippen molar-refractivity contribution in [1.82, 2.24) is 0 Å². The van der Waals surface area contributed by atoms with Crippen LogP contribution in [-0.4, -0.2) is 29.3 Å².